The SMILES string of the molecule is C[C@H](CSSCCNC(=O)CC(C)(C)C)NC(=O)C(Cc1ccccc1)C(C)(C)C. The second kappa shape index (κ2) is 12.7. The van der Waals surface area contributed by atoms with Crippen LogP contribution in [0.2, 0.25) is 0 Å². The van der Waals surface area contributed by atoms with Crippen molar-refractivity contribution >= 4 is 33.4 Å². The molecule has 0 radical (unpaired) electrons. The van der Waals surface area contributed by atoms with E-state index < -0.39 is 0 Å². The third-order valence-electron chi connectivity index (χ3n) is 4.63. The van der Waals surface area contributed by atoms with Crippen molar-refractivity contribution in [1.82, 2.24) is 10.6 Å². The molecule has 2 atom stereocenters. The highest BCUT2D eigenvalue weighted by atomic mass is 33.1. The zero-order chi connectivity index (χ0) is 22.8. The molecule has 1 aromatic rings. The van der Waals surface area contributed by atoms with E-state index in [-0.39, 0.29) is 34.6 Å². The molecule has 2 amide bonds. The Morgan fingerprint density at radius 3 is 2.20 bits per heavy atom. The van der Waals surface area contributed by atoms with Gasteiger partial charge in [-0.1, -0.05) is 93.5 Å². The molecular weight excluding hydrogens is 412 g/mol. The van der Waals surface area contributed by atoms with E-state index in [1.54, 1.807) is 21.6 Å². The van der Waals surface area contributed by atoms with Crippen LogP contribution in [0, 0.1) is 16.7 Å². The lowest BCUT2D eigenvalue weighted by Gasteiger charge is -2.31. The molecule has 1 rings (SSSR count). The van der Waals surface area contributed by atoms with Gasteiger partial charge in [0, 0.05) is 36.4 Å². The van der Waals surface area contributed by atoms with E-state index in [4.69, 9.17) is 0 Å². The maximum absolute atomic E-state index is 13.0. The molecule has 0 aromatic heterocycles. The van der Waals surface area contributed by atoms with Gasteiger partial charge < -0.3 is 10.6 Å². The Hall–Kier alpha value is -1.14. The lowest BCUT2D eigenvalue weighted by molar-refractivity contribution is -0.128. The monoisotopic (exact) mass is 452 g/mol. The Balaban J connectivity index is 2.34. The number of hydrogen-bond acceptors (Lipinski definition) is 4. The predicted molar refractivity (Wildman–Crippen MR) is 133 cm³/mol. The zero-order valence-corrected chi connectivity index (χ0v) is 21.3. The highest BCUT2D eigenvalue weighted by molar-refractivity contribution is 8.76. The summed E-state index contributed by atoms with van der Waals surface area (Å²) in [6.07, 6.45) is 1.30. The minimum Gasteiger partial charge on any atom is -0.355 e. The molecule has 6 heteroatoms. The van der Waals surface area contributed by atoms with Crippen molar-refractivity contribution in [3.05, 3.63) is 35.9 Å². The molecule has 0 heterocycles. The maximum atomic E-state index is 13.0. The van der Waals surface area contributed by atoms with Crippen LogP contribution in [-0.4, -0.2) is 35.9 Å². The van der Waals surface area contributed by atoms with E-state index in [0.717, 1.165) is 17.9 Å². The number of carbonyl (C=O) groups excluding carboxylic acids is 2. The van der Waals surface area contributed by atoms with Crippen LogP contribution in [0.3, 0.4) is 0 Å². The standard InChI is InChI=1S/C24H40N2O2S2/c1-18(17-30-29-14-13-25-21(27)16-23(2,3)4)26-22(28)20(24(5,6)7)15-19-11-9-8-10-12-19/h8-12,18,20H,13-17H2,1-7H3,(H,25,27)(H,26,28)/t18-,20?/m1/s1. The van der Waals surface area contributed by atoms with Gasteiger partial charge in [-0.25, -0.2) is 0 Å². The van der Waals surface area contributed by atoms with E-state index in [0.29, 0.717) is 13.0 Å². The summed E-state index contributed by atoms with van der Waals surface area (Å²) < 4.78 is 0. The second-order valence-electron chi connectivity index (χ2n) is 10.2. The fourth-order valence-corrected chi connectivity index (χ4v) is 5.20. The molecule has 0 fully saturated rings. The van der Waals surface area contributed by atoms with Crippen LogP contribution in [0.25, 0.3) is 0 Å². The predicted octanol–water partition coefficient (Wildman–Crippen LogP) is 5.33. The van der Waals surface area contributed by atoms with E-state index in [1.165, 1.54) is 5.56 Å². The molecule has 1 unspecified atom stereocenters. The summed E-state index contributed by atoms with van der Waals surface area (Å²) >= 11 is 0. The molecule has 0 bridgehead atoms. The van der Waals surface area contributed by atoms with E-state index >= 15 is 0 Å². The number of benzene rings is 1. The highest BCUT2D eigenvalue weighted by Crippen LogP contribution is 2.30. The topological polar surface area (TPSA) is 58.2 Å². The summed E-state index contributed by atoms with van der Waals surface area (Å²) in [5.41, 5.74) is 1.11. The van der Waals surface area contributed by atoms with E-state index in [1.807, 2.05) is 18.2 Å². The van der Waals surface area contributed by atoms with Crippen LogP contribution in [0.4, 0.5) is 0 Å². The lowest BCUT2D eigenvalue weighted by Crippen LogP contribution is -2.43. The quantitative estimate of drug-likeness (QED) is 0.352. The highest BCUT2D eigenvalue weighted by Gasteiger charge is 2.31. The average Bonchev–Trinajstić information content (AvgIpc) is 2.61. The Kier molecular flexibility index (Phi) is 11.3. The summed E-state index contributed by atoms with van der Waals surface area (Å²) in [6.45, 7) is 15.3. The largest absolute Gasteiger partial charge is 0.355 e. The van der Waals surface area contributed by atoms with Crippen molar-refractivity contribution in [2.75, 3.05) is 18.1 Å². The first-order valence-corrected chi connectivity index (χ1v) is 13.2. The fraction of sp³-hybridized carbons (Fsp3) is 0.667. The number of amides is 2. The second-order valence-corrected chi connectivity index (χ2v) is 12.8. The molecule has 170 valence electrons. The summed E-state index contributed by atoms with van der Waals surface area (Å²) in [6, 6.07) is 10.3. The summed E-state index contributed by atoms with van der Waals surface area (Å²) in [5, 5.41) is 6.17. The fourth-order valence-electron chi connectivity index (χ4n) is 3.01. The first-order valence-electron chi connectivity index (χ1n) is 10.7. The van der Waals surface area contributed by atoms with Crippen molar-refractivity contribution in [1.29, 1.82) is 0 Å². The summed E-state index contributed by atoms with van der Waals surface area (Å²) in [7, 11) is 3.48. The van der Waals surface area contributed by atoms with Crippen LogP contribution in [0.1, 0.15) is 60.5 Å². The molecule has 0 saturated carbocycles. The van der Waals surface area contributed by atoms with Crippen molar-refractivity contribution in [3.63, 3.8) is 0 Å². The van der Waals surface area contributed by atoms with Gasteiger partial charge >= 0.3 is 0 Å². The lowest BCUT2D eigenvalue weighted by atomic mass is 9.76. The Morgan fingerprint density at radius 2 is 1.63 bits per heavy atom. The Labute approximate surface area is 191 Å². The van der Waals surface area contributed by atoms with E-state index in [9.17, 15) is 9.59 Å². The smallest absolute Gasteiger partial charge is 0.224 e. The molecule has 4 nitrogen and oxygen atoms in total. The van der Waals surface area contributed by atoms with Crippen LogP contribution in [-0.2, 0) is 16.0 Å². The Bertz CT molecular complexity index is 651. The minimum atomic E-state index is -0.104. The van der Waals surface area contributed by atoms with Crippen LogP contribution in [0.5, 0.6) is 0 Å². The first-order chi connectivity index (χ1) is 13.9. The molecule has 2 N–H and O–H groups in total. The van der Waals surface area contributed by atoms with Crippen molar-refractivity contribution in [2.45, 2.75) is 67.3 Å². The molecular formula is C24H40N2O2S2. The molecule has 0 aliphatic heterocycles. The van der Waals surface area contributed by atoms with Gasteiger partial charge in [0.1, 0.15) is 0 Å². The van der Waals surface area contributed by atoms with Crippen molar-refractivity contribution < 1.29 is 9.59 Å². The number of nitrogens with one attached hydrogen (secondary N) is 2. The van der Waals surface area contributed by atoms with Crippen LogP contribution in [0.15, 0.2) is 30.3 Å². The van der Waals surface area contributed by atoms with E-state index in [2.05, 4.69) is 71.2 Å². The van der Waals surface area contributed by atoms with Gasteiger partial charge in [0.2, 0.25) is 11.8 Å². The van der Waals surface area contributed by atoms with Gasteiger partial charge in [0.15, 0.2) is 0 Å². The third kappa shape index (κ3) is 11.9. The number of carbonyl (C=O) groups is 2. The molecule has 30 heavy (non-hydrogen) atoms. The molecule has 0 spiro atoms. The number of rotatable bonds is 11. The van der Waals surface area contributed by atoms with Crippen LogP contribution >= 0.6 is 21.6 Å². The minimum absolute atomic E-state index is 0.0189. The summed E-state index contributed by atoms with van der Waals surface area (Å²) in [4.78, 5) is 24.8. The Morgan fingerprint density at radius 1 is 1.00 bits per heavy atom. The normalized spacial score (nSPS) is 14.1. The van der Waals surface area contributed by atoms with Crippen LogP contribution < -0.4 is 10.6 Å². The first kappa shape index (κ1) is 26.9. The molecule has 0 saturated heterocycles. The molecule has 0 aliphatic rings. The maximum Gasteiger partial charge on any atom is 0.224 e. The van der Waals surface area contributed by atoms with Gasteiger partial charge in [0.25, 0.3) is 0 Å². The van der Waals surface area contributed by atoms with Crippen molar-refractivity contribution in [2.24, 2.45) is 16.7 Å². The summed E-state index contributed by atoms with van der Waals surface area (Å²) in [5.74, 6) is 1.87. The third-order valence-corrected chi connectivity index (χ3v) is 7.21. The molecule has 0 aliphatic carbocycles. The number of hydrogen-bond donors (Lipinski definition) is 2. The molecule has 1 aromatic carbocycles. The zero-order valence-electron chi connectivity index (χ0n) is 19.7. The van der Waals surface area contributed by atoms with Gasteiger partial charge in [-0.15, -0.1) is 0 Å². The van der Waals surface area contributed by atoms with Gasteiger partial charge in [-0.3, -0.25) is 9.59 Å². The van der Waals surface area contributed by atoms with Gasteiger partial charge in [-0.05, 0) is 29.7 Å². The van der Waals surface area contributed by atoms with Gasteiger partial charge in [0.05, 0.1) is 0 Å². The average molecular weight is 453 g/mol. The van der Waals surface area contributed by atoms with Gasteiger partial charge in [-0.2, -0.15) is 0 Å². The van der Waals surface area contributed by atoms with Crippen molar-refractivity contribution in [3.8, 4) is 0 Å².